The monoisotopic (exact) mass is 252 g/mol. The third kappa shape index (κ3) is 6.76. The van der Waals surface area contributed by atoms with Crippen molar-refractivity contribution in [1.29, 1.82) is 0 Å². The van der Waals surface area contributed by atoms with Crippen LogP contribution in [0.3, 0.4) is 0 Å². The van der Waals surface area contributed by atoms with Crippen molar-refractivity contribution >= 4 is 16.0 Å². The van der Waals surface area contributed by atoms with Crippen LogP contribution in [-0.4, -0.2) is 47.4 Å². The highest BCUT2D eigenvalue weighted by Crippen LogP contribution is 2.14. The zero-order valence-electron chi connectivity index (χ0n) is 10.2. The van der Waals surface area contributed by atoms with Crippen molar-refractivity contribution < 1.29 is 17.9 Å². The third-order valence-electron chi connectivity index (χ3n) is 1.97. The molecule has 0 radical (unpaired) electrons. The molecule has 96 valence electrons. The minimum Gasteiger partial charge on any atom is -0.469 e. The molecular weight excluding hydrogens is 232 g/mol. The van der Waals surface area contributed by atoms with Crippen LogP contribution in [0.5, 0.6) is 0 Å². The Morgan fingerprint density at radius 2 is 1.88 bits per heavy atom. The van der Waals surface area contributed by atoms with Gasteiger partial charge in [-0.3, -0.25) is 4.79 Å². The van der Waals surface area contributed by atoms with Gasteiger partial charge in [0.15, 0.2) is 0 Å². The number of hydrogen-bond acceptors (Lipinski definition) is 5. The van der Waals surface area contributed by atoms with Crippen LogP contribution in [0.2, 0.25) is 0 Å². The Bertz CT molecular complexity index is 324. The van der Waals surface area contributed by atoms with Crippen LogP contribution in [0.1, 0.15) is 13.8 Å². The standard InChI is InChI=1S/C9H20N2O4S/c1-9(2,8(12)15-3)7-10-5-6-11-16(4,13)14/h10-11H,5-7H2,1-4H3. The molecule has 0 atom stereocenters. The number of carbonyl (C=O) groups is 1. The van der Waals surface area contributed by atoms with Gasteiger partial charge < -0.3 is 10.1 Å². The van der Waals surface area contributed by atoms with Crippen LogP contribution in [0.4, 0.5) is 0 Å². The highest BCUT2D eigenvalue weighted by atomic mass is 32.2. The van der Waals surface area contributed by atoms with Gasteiger partial charge in [0, 0.05) is 19.6 Å². The Balaban J connectivity index is 3.78. The summed E-state index contributed by atoms with van der Waals surface area (Å²) in [4.78, 5) is 11.3. The van der Waals surface area contributed by atoms with E-state index in [1.807, 2.05) is 0 Å². The molecule has 0 aliphatic carbocycles. The van der Waals surface area contributed by atoms with E-state index in [-0.39, 0.29) is 5.97 Å². The topological polar surface area (TPSA) is 84.5 Å². The fourth-order valence-corrected chi connectivity index (χ4v) is 1.55. The molecule has 0 bridgehead atoms. The highest BCUT2D eigenvalue weighted by molar-refractivity contribution is 7.88. The van der Waals surface area contributed by atoms with Crippen LogP contribution >= 0.6 is 0 Å². The first-order valence-corrected chi connectivity index (χ1v) is 6.82. The lowest BCUT2D eigenvalue weighted by molar-refractivity contribution is -0.150. The van der Waals surface area contributed by atoms with Crippen molar-refractivity contribution in [1.82, 2.24) is 10.0 Å². The number of nitrogens with one attached hydrogen (secondary N) is 2. The van der Waals surface area contributed by atoms with Crippen molar-refractivity contribution in [2.24, 2.45) is 5.41 Å². The Morgan fingerprint density at radius 3 is 2.31 bits per heavy atom. The van der Waals surface area contributed by atoms with Gasteiger partial charge in [0.05, 0.1) is 18.8 Å². The average molecular weight is 252 g/mol. The summed E-state index contributed by atoms with van der Waals surface area (Å²) < 4.78 is 28.4. The maximum Gasteiger partial charge on any atom is 0.312 e. The summed E-state index contributed by atoms with van der Waals surface area (Å²) in [5, 5.41) is 2.99. The molecule has 0 saturated heterocycles. The van der Waals surface area contributed by atoms with E-state index in [1.54, 1.807) is 13.8 Å². The Kier molecular flexibility index (Phi) is 5.91. The van der Waals surface area contributed by atoms with Crippen LogP contribution in [0.25, 0.3) is 0 Å². The van der Waals surface area contributed by atoms with Crippen molar-refractivity contribution in [2.75, 3.05) is 33.0 Å². The first-order chi connectivity index (χ1) is 7.19. The molecule has 0 unspecified atom stereocenters. The summed E-state index contributed by atoms with van der Waals surface area (Å²) >= 11 is 0. The van der Waals surface area contributed by atoms with Gasteiger partial charge in [0.2, 0.25) is 10.0 Å². The summed E-state index contributed by atoms with van der Waals surface area (Å²) in [6.45, 7) is 4.72. The van der Waals surface area contributed by atoms with Crippen molar-refractivity contribution in [3.8, 4) is 0 Å². The van der Waals surface area contributed by atoms with Crippen molar-refractivity contribution in [3.05, 3.63) is 0 Å². The Hall–Kier alpha value is -0.660. The van der Waals surface area contributed by atoms with Crippen molar-refractivity contribution in [3.63, 3.8) is 0 Å². The second kappa shape index (κ2) is 6.17. The van der Waals surface area contributed by atoms with Gasteiger partial charge in [-0.2, -0.15) is 0 Å². The Morgan fingerprint density at radius 1 is 1.31 bits per heavy atom. The molecule has 0 rings (SSSR count). The highest BCUT2D eigenvalue weighted by Gasteiger charge is 2.27. The number of esters is 1. The summed E-state index contributed by atoms with van der Waals surface area (Å²) in [5.41, 5.74) is -0.611. The molecule has 0 amide bonds. The maximum absolute atomic E-state index is 11.3. The summed E-state index contributed by atoms with van der Waals surface area (Å²) in [6, 6.07) is 0. The van der Waals surface area contributed by atoms with Gasteiger partial charge >= 0.3 is 5.97 Å². The minimum atomic E-state index is -3.14. The fourth-order valence-electron chi connectivity index (χ4n) is 1.07. The molecule has 16 heavy (non-hydrogen) atoms. The van der Waals surface area contributed by atoms with E-state index in [0.717, 1.165) is 6.26 Å². The van der Waals surface area contributed by atoms with E-state index >= 15 is 0 Å². The van der Waals surface area contributed by atoms with Crippen molar-refractivity contribution in [2.45, 2.75) is 13.8 Å². The molecule has 0 spiro atoms. The fraction of sp³-hybridized carbons (Fsp3) is 0.889. The second-order valence-electron chi connectivity index (χ2n) is 4.22. The lowest BCUT2D eigenvalue weighted by Crippen LogP contribution is -2.40. The van der Waals surface area contributed by atoms with Crippen LogP contribution in [-0.2, 0) is 19.6 Å². The van der Waals surface area contributed by atoms with Gasteiger partial charge in [-0.1, -0.05) is 0 Å². The van der Waals surface area contributed by atoms with Gasteiger partial charge in [-0.05, 0) is 13.8 Å². The molecule has 0 aromatic heterocycles. The average Bonchev–Trinajstić information content (AvgIpc) is 2.14. The summed E-state index contributed by atoms with van der Waals surface area (Å²) in [6.07, 6.45) is 1.10. The Labute approximate surface area is 96.8 Å². The molecule has 0 aromatic carbocycles. The molecular formula is C9H20N2O4S. The van der Waals surface area contributed by atoms with Crippen LogP contribution in [0.15, 0.2) is 0 Å². The second-order valence-corrected chi connectivity index (χ2v) is 6.05. The number of methoxy groups -OCH3 is 1. The zero-order valence-corrected chi connectivity index (χ0v) is 11.0. The van der Waals surface area contributed by atoms with E-state index < -0.39 is 15.4 Å². The number of hydrogen-bond donors (Lipinski definition) is 2. The lowest BCUT2D eigenvalue weighted by Gasteiger charge is -2.21. The first-order valence-electron chi connectivity index (χ1n) is 4.93. The molecule has 0 aliphatic heterocycles. The largest absolute Gasteiger partial charge is 0.469 e. The van der Waals surface area contributed by atoms with Crippen LogP contribution in [0, 0.1) is 5.41 Å². The normalized spacial score (nSPS) is 12.5. The molecule has 7 heteroatoms. The minimum absolute atomic E-state index is 0.295. The van der Waals surface area contributed by atoms with E-state index in [4.69, 9.17) is 0 Å². The predicted octanol–water partition coefficient (Wildman–Crippen LogP) is -0.676. The zero-order chi connectivity index (χ0) is 12.8. The van der Waals surface area contributed by atoms with Gasteiger partial charge in [-0.15, -0.1) is 0 Å². The maximum atomic E-state index is 11.3. The summed E-state index contributed by atoms with van der Waals surface area (Å²) in [7, 11) is -1.80. The van der Waals surface area contributed by atoms with Gasteiger partial charge in [0.25, 0.3) is 0 Å². The molecule has 0 aliphatic rings. The van der Waals surface area contributed by atoms with E-state index in [9.17, 15) is 13.2 Å². The van der Waals surface area contributed by atoms with E-state index in [2.05, 4.69) is 14.8 Å². The number of ether oxygens (including phenoxy) is 1. The number of carbonyl (C=O) groups excluding carboxylic acids is 1. The molecule has 0 fully saturated rings. The first kappa shape index (κ1) is 15.3. The smallest absolute Gasteiger partial charge is 0.312 e. The van der Waals surface area contributed by atoms with Gasteiger partial charge in [-0.25, -0.2) is 13.1 Å². The molecule has 2 N–H and O–H groups in total. The third-order valence-corrected chi connectivity index (χ3v) is 2.70. The van der Waals surface area contributed by atoms with Crippen LogP contribution < -0.4 is 10.0 Å². The predicted molar refractivity (Wildman–Crippen MR) is 61.5 cm³/mol. The number of sulfonamides is 1. The molecule has 6 nitrogen and oxygen atoms in total. The van der Waals surface area contributed by atoms with Gasteiger partial charge in [0.1, 0.15) is 0 Å². The molecule has 0 saturated carbocycles. The summed E-state index contributed by atoms with van der Waals surface area (Å²) in [5.74, 6) is -0.295. The number of rotatable bonds is 7. The van der Waals surface area contributed by atoms with E-state index in [1.165, 1.54) is 7.11 Å². The molecule has 0 heterocycles. The molecule has 0 aromatic rings. The SMILES string of the molecule is COC(=O)C(C)(C)CNCCNS(C)(=O)=O. The van der Waals surface area contributed by atoms with E-state index in [0.29, 0.717) is 19.6 Å². The quantitative estimate of drug-likeness (QED) is 0.463. The lowest BCUT2D eigenvalue weighted by atomic mass is 9.94.